The van der Waals surface area contributed by atoms with Gasteiger partial charge in [0.05, 0.1) is 13.5 Å². The van der Waals surface area contributed by atoms with Gasteiger partial charge in [0.15, 0.2) is 0 Å². The zero-order valence-corrected chi connectivity index (χ0v) is 11.4. The number of hydrogen-bond acceptors (Lipinski definition) is 4. The number of hydrogen-bond donors (Lipinski definition) is 2. The Morgan fingerprint density at radius 2 is 1.85 bits per heavy atom. The molecule has 0 aromatic rings. The van der Waals surface area contributed by atoms with E-state index in [1.54, 1.807) is 0 Å². The monoisotopic (exact) mass is 281 g/mol. The van der Waals surface area contributed by atoms with Crippen molar-refractivity contribution >= 4 is 17.8 Å². The van der Waals surface area contributed by atoms with E-state index in [0.717, 1.165) is 0 Å². The Bertz CT molecular complexity index is 446. The maximum atomic E-state index is 12.2. The third kappa shape index (κ3) is 2.07. The molecule has 3 aliphatic rings. The maximum absolute atomic E-state index is 12.2. The van der Waals surface area contributed by atoms with Crippen LogP contribution in [0.5, 0.6) is 0 Å². The summed E-state index contributed by atoms with van der Waals surface area (Å²) in [6.45, 7) is 0. The number of aliphatic carboxylic acids is 1. The molecule has 0 aromatic carbocycles. The van der Waals surface area contributed by atoms with E-state index in [-0.39, 0.29) is 18.2 Å². The quantitative estimate of drug-likeness (QED) is 0.712. The van der Waals surface area contributed by atoms with Gasteiger partial charge in [-0.2, -0.15) is 0 Å². The van der Waals surface area contributed by atoms with Crippen LogP contribution in [0.3, 0.4) is 0 Å². The Kier molecular flexibility index (Phi) is 3.18. The summed E-state index contributed by atoms with van der Waals surface area (Å²) in [7, 11) is 1.20. The molecule has 110 valence electrons. The zero-order valence-electron chi connectivity index (χ0n) is 11.4. The highest BCUT2D eigenvalue weighted by Gasteiger charge is 2.67. The molecule has 5 atom stereocenters. The highest BCUT2D eigenvalue weighted by atomic mass is 16.5. The normalized spacial score (nSPS) is 38.0. The van der Waals surface area contributed by atoms with E-state index in [4.69, 9.17) is 5.11 Å². The van der Waals surface area contributed by atoms with Crippen LogP contribution in [0.1, 0.15) is 25.7 Å². The zero-order chi connectivity index (χ0) is 14.4. The Balaban J connectivity index is 1.58. The number of rotatable bonds is 5. The molecule has 20 heavy (non-hydrogen) atoms. The number of ether oxygens (including phenoxy) is 1. The topological polar surface area (TPSA) is 92.7 Å². The lowest BCUT2D eigenvalue weighted by atomic mass is 10.0. The first kappa shape index (κ1) is 13.4. The van der Waals surface area contributed by atoms with Crippen LogP contribution in [0.2, 0.25) is 0 Å². The summed E-state index contributed by atoms with van der Waals surface area (Å²) < 4.78 is 4.45. The van der Waals surface area contributed by atoms with E-state index in [0.29, 0.717) is 23.7 Å². The lowest BCUT2D eigenvalue weighted by Gasteiger charge is -2.15. The summed E-state index contributed by atoms with van der Waals surface area (Å²) in [5, 5.41) is 11.6. The van der Waals surface area contributed by atoms with Crippen molar-refractivity contribution in [2.75, 3.05) is 7.11 Å². The molecule has 2 N–H and O–H groups in total. The van der Waals surface area contributed by atoms with E-state index in [1.165, 1.54) is 26.4 Å². The second-order valence-corrected chi connectivity index (χ2v) is 6.19. The van der Waals surface area contributed by atoms with Gasteiger partial charge in [0, 0.05) is 5.92 Å². The van der Waals surface area contributed by atoms with Crippen molar-refractivity contribution in [3.63, 3.8) is 0 Å². The van der Waals surface area contributed by atoms with Crippen molar-refractivity contribution in [3.05, 3.63) is 0 Å². The van der Waals surface area contributed by atoms with Gasteiger partial charge in [-0.25, -0.2) is 4.79 Å². The van der Waals surface area contributed by atoms with Gasteiger partial charge in [-0.15, -0.1) is 0 Å². The fraction of sp³-hybridized carbons (Fsp3) is 0.786. The van der Waals surface area contributed by atoms with Gasteiger partial charge < -0.3 is 15.2 Å². The molecule has 3 aliphatic carbocycles. The summed E-state index contributed by atoms with van der Waals surface area (Å²) in [5.74, 6) is 0.178. The average Bonchev–Trinajstić information content (AvgIpc) is 2.86. The number of carbonyl (C=O) groups excluding carboxylic acids is 2. The van der Waals surface area contributed by atoms with Crippen LogP contribution in [-0.2, 0) is 19.1 Å². The van der Waals surface area contributed by atoms with Crippen LogP contribution in [0.4, 0.5) is 0 Å². The van der Waals surface area contributed by atoms with Gasteiger partial charge in [-0.3, -0.25) is 9.59 Å². The van der Waals surface area contributed by atoms with Crippen LogP contribution >= 0.6 is 0 Å². The minimum Gasteiger partial charge on any atom is -0.480 e. The van der Waals surface area contributed by atoms with Gasteiger partial charge >= 0.3 is 11.9 Å². The van der Waals surface area contributed by atoms with Crippen molar-refractivity contribution in [2.24, 2.45) is 29.6 Å². The third-order valence-electron chi connectivity index (χ3n) is 5.25. The maximum Gasteiger partial charge on any atom is 0.326 e. The van der Waals surface area contributed by atoms with Gasteiger partial charge in [-0.1, -0.05) is 0 Å². The van der Waals surface area contributed by atoms with Crippen LogP contribution in [0.15, 0.2) is 0 Å². The fourth-order valence-electron chi connectivity index (χ4n) is 4.39. The third-order valence-corrected chi connectivity index (χ3v) is 5.25. The molecule has 0 aromatic heterocycles. The van der Waals surface area contributed by atoms with Crippen molar-refractivity contribution in [2.45, 2.75) is 31.7 Å². The van der Waals surface area contributed by atoms with Crippen molar-refractivity contribution < 1.29 is 24.2 Å². The fourth-order valence-corrected chi connectivity index (χ4v) is 4.39. The second kappa shape index (κ2) is 4.75. The van der Waals surface area contributed by atoms with E-state index >= 15 is 0 Å². The van der Waals surface area contributed by atoms with Crippen LogP contribution in [-0.4, -0.2) is 36.1 Å². The van der Waals surface area contributed by atoms with Crippen LogP contribution in [0, 0.1) is 29.6 Å². The molecule has 0 radical (unpaired) electrons. The number of nitrogens with one attached hydrogen (secondary N) is 1. The number of methoxy groups -OCH3 is 1. The van der Waals surface area contributed by atoms with Gasteiger partial charge in [-0.05, 0) is 42.9 Å². The Morgan fingerprint density at radius 3 is 2.35 bits per heavy atom. The summed E-state index contributed by atoms with van der Waals surface area (Å²) in [6, 6.07) is -1.19. The number of esters is 1. The Labute approximate surface area is 116 Å². The number of carbonyl (C=O) groups is 3. The molecule has 0 spiro atoms. The van der Waals surface area contributed by atoms with Gasteiger partial charge in [0.1, 0.15) is 6.04 Å². The second-order valence-electron chi connectivity index (χ2n) is 6.19. The molecule has 0 saturated heterocycles. The molecular formula is C14H19NO5. The number of amides is 1. The van der Waals surface area contributed by atoms with Crippen molar-refractivity contribution in [1.29, 1.82) is 0 Å². The van der Waals surface area contributed by atoms with Crippen molar-refractivity contribution in [3.8, 4) is 0 Å². The first-order chi connectivity index (χ1) is 9.52. The molecule has 6 heteroatoms. The van der Waals surface area contributed by atoms with Gasteiger partial charge in [0.2, 0.25) is 5.91 Å². The number of carboxylic acid groups (broad SMARTS) is 1. The predicted octanol–water partition coefficient (Wildman–Crippen LogP) is 0.411. The molecule has 0 heterocycles. The van der Waals surface area contributed by atoms with E-state index in [9.17, 15) is 14.4 Å². The largest absolute Gasteiger partial charge is 0.480 e. The molecular weight excluding hydrogens is 262 g/mol. The lowest BCUT2D eigenvalue weighted by Crippen LogP contribution is -2.43. The smallest absolute Gasteiger partial charge is 0.326 e. The summed E-state index contributed by atoms with van der Waals surface area (Å²) in [4.78, 5) is 34.5. The average molecular weight is 281 g/mol. The highest BCUT2D eigenvalue weighted by molar-refractivity contribution is 5.89. The van der Waals surface area contributed by atoms with Crippen LogP contribution < -0.4 is 5.32 Å². The standard InChI is InChI=1S/C14H19NO5/c1-20-9(16)5-8(14(18)19)15-13(17)12-10-6-2-3-7(4-6)11(10)12/h6-8,10-12H,2-5H2,1H3,(H,15,17)(H,18,19)/t6?,7?,8-,10?,11?,12?/m0/s1. The first-order valence-electron chi connectivity index (χ1n) is 7.13. The molecule has 2 bridgehead atoms. The SMILES string of the molecule is COC(=O)C[C@H](NC(=O)C1C2C3CCC(C3)C12)C(=O)O. The summed E-state index contributed by atoms with van der Waals surface area (Å²) in [5.41, 5.74) is 0. The molecule has 3 fully saturated rings. The summed E-state index contributed by atoms with van der Waals surface area (Å²) >= 11 is 0. The van der Waals surface area contributed by atoms with Gasteiger partial charge in [0.25, 0.3) is 0 Å². The predicted molar refractivity (Wildman–Crippen MR) is 67.5 cm³/mol. The molecule has 0 aliphatic heterocycles. The first-order valence-corrected chi connectivity index (χ1v) is 7.13. The summed E-state index contributed by atoms with van der Waals surface area (Å²) in [6.07, 6.45) is 3.33. The molecule has 6 nitrogen and oxygen atoms in total. The molecule has 3 saturated carbocycles. The minimum atomic E-state index is -1.20. The Hall–Kier alpha value is -1.59. The van der Waals surface area contributed by atoms with E-state index < -0.39 is 18.0 Å². The van der Waals surface area contributed by atoms with E-state index in [1.807, 2.05) is 0 Å². The van der Waals surface area contributed by atoms with E-state index in [2.05, 4.69) is 10.1 Å². The number of carboxylic acids is 1. The van der Waals surface area contributed by atoms with Crippen LogP contribution in [0.25, 0.3) is 0 Å². The number of fused-ring (bicyclic) bond motifs is 5. The molecule has 3 rings (SSSR count). The lowest BCUT2D eigenvalue weighted by molar-refractivity contribution is -0.149. The minimum absolute atomic E-state index is 0.0271. The van der Waals surface area contributed by atoms with Crippen molar-refractivity contribution in [1.82, 2.24) is 5.32 Å². The molecule has 4 unspecified atom stereocenters. The molecule has 1 amide bonds. The Morgan fingerprint density at radius 1 is 1.25 bits per heavy atom. The highest BCUT2D eigenvalue weighted by Crippen LogP contribution is 2.69.